The van der Waals surface area contributed by atoms with E-state index < -0.39 is 0 Å². The molecule has 0 aromatic carbocycles. The summed E-state index contributed by atoms with van der Waals surface area (Å²) in [4.78, 5) is 22.6. The molecule has 2 atom stereocenters. The fourth-order valence-corrected chi connectivity index (χ4v) is 11.0. The van der Waals surface area contributed by atoms with Crippen LogP contribution in [-0.4, -0.2) is 22.3 Å². The number of rotatable bonds is 14. The first-order chi connectivity index (χ1) is 10.0. The summed E-state index contributed by atoms with van der Waals surface area (Å²) >= 11 is 0. The maximum atomic E-state index is 11.3. The molecule has 2 unspecified atom stereocenters. The van der Waals surface area contributed by atoms with Gasteiger partial charge in [0, 0.05) is 0 Å². The van der Waals surface area contributed by atoms with Crippen LogP contribution >= 0.6 is 51.1 Å². The molecule has 0 aliphatic heterocycles. The van der Waals surface area contributed by atoms with Crippen molar-refractivity contribution in [3.8, 4) is 0 Å². The van der Waals surface area contributed by atoms with E-state index in [1.54, 1.807) is 29.5 Å². The van der Waals surface area contributed by atoms with Crippen molar-refractivity contribution in [3.05, 3.63) is 0 Å². The van der Waals surface area contributed by atoms with Crippen LogP contribution in [0.2, 0.25) is 0 Å². The highest BCUT2D eigenvalue weighted by Gasteiger charge is 2.18. The summed E-state index contributed by atoms with van der Waals surface area (Å²) in [6.45, 7) is 4.19. The number of hydrogen-bond acceptors (Lipinski definition) is 7. The van der Waals surface area contributed by atoms with Gasteiger partial charge in [-0.2, -0.15) is 0 Å². The van der Waals surface area contributed by atoms with Crippen LogP contribution in [-0.2, 0) is 9.59 Å². The third kappa shape index (κ3) is 11.9. The van der Waals surface area contributed by atoms with E-state index in [9.17, 15) is 9.59 Å². The number of hydrogen-bond donors (Lipinski definition) is 2. The fraction of sp³-hybridized carbons (Fsp3) is 0.833. The summed E-state index contributed by atoms with van der Waals surface area (Å²) < 4.78 is 0. The van der Waals surface area contributed by atoms with E-state index in [0.29, 0.717) is 0 Å². The zero-order valence-corrected chi connectivity index (χ0v) is 16.5. The van der Waals surface area contributed by atoms with E-state index >= 15 is 0 Å². The first-order valence-electron chi connectivity index (χ1n) is 6.93. The lowest BCUT2D eigenvalue weighted by Gasteiger charge is -2.12. The molecule has 9 heteroatoms. The monoisotopic (exact) mass is 388 g/mol. The van der Waals surface area contributed by atoms with Crippen LogP contribution in [0.3, 0.4) is 0 Å². The van der Waals surface area contributed by atoms with Crippen molar-refractivity contribution in [2.45, 2.75) is 62.9 Å². The zero-order chi connectivity index (χ0) is 16.1. The first-order valence-corrected chi connectivity index (χ1v) is 13.2. The second kappa shape index (κ2) is 14.3. The second-order valence-electron chi connectivity index (χ2n) is 4.46. The zero-order valence-electron chi connectivity index (χ0n) is 12.4. The van der Waals surface area contributed by atoms with Crippen LogP contribution in [0.4, 0.5) is 0 Å². The minimum Gasteiger partial charge on any atom is -0.369 e. The number of amides is 2. The van der Waals surface area contributed by atoms with E-state index in [1.165, 1.54) is 21.6 Å². The van der Waals surface area contributed by atoms with Gasteiger partial charge in [0.05, 0.1) is 10.5 Å². The van der Waals surface area contributed by atoms with E-state index in [4.69, 9.17) is 11.5 Å². The van der Waals surface area contributed by atoms with Gasteiger partial charge in [0.25, 0.3) is 0 Å². The minimum atomic E-state index is -0.253. The summed E-state index contributed by atoms with van der Waals surface area (Å²) in [7, 11) is 7.64. The molecule has 0 aromatic rings. The standard InChI is InChI=1S/C12H24N2O2S5/c1-3-5-7-9(11(13)15)17-19-21-20-18-10(12(14)16)8-6-4-2/h9-10H,3-8H2,1-2H3,(H2,13,15)(H2,14,16). The molecule has 2 amide bonds. The lowest BCUT2D eigenvalue weighted by Crippen LogP contribution is -2.25. The first kappa shape index (κ1) is 21.7. The van der Waals surface area contributed by atoms with E-state index in [2.05, 4.69) is 13.8 Å². The SMILES string of the molecule is CCCCC(SSSSSC(CCCC)C(N)=O)C(N)=O. The van der Waals surface area contributed by atoms with Crippen LogP contribution in [0.5, 0.6) is 0 Å². The van der Waals surface area contributed by atoms with E-state index in [-0.39, 0.29) is 22.3 Å². The van der Waals surface area contributed by atoms with Gasteiger partial charge in [-0.25, -0.2) is 0 Å². The van der Waals surface area contributed by atoms with Crippen molar-refractivity contribution in [2.75, 3.05) is 0 Å². The van der Waals surface area contributed by atoms with Gasteiger partial charge in [-0.1, -0.05) is 61.1 Å². The minimum absolute atomic E-state index is 0.139. The van der Waals surface area contributed by atoms with E-state index in [0.717, 1.165) is 38.5 Å². The molecule has 21 heavy (non-hydrogen) atoms. The molecule has 0 aliphatic carbocycles. The highest BCUT2D eigenvalue weighted by atomic mass is 33.8. The molecule has 0 saturated carbocycles. The Bertz CT molecular complexity index is 279. The number of unbranched alkanes of at least 4 members (excludes halogenated alkanes) is 2. The van der Waals surface area contributed by atoms with Crippen LogP contribution < -0.4 is 11.5 Å². The highest BCUT2D eigenvalue weighted by Crippen LogP contribution is 2.51. The summed E-state index contributed by atoms with van der Waals surface area (Å²) in [6, 6.07) is 0. The summed E-state index contributed by atoms with van der Waals surface area (Å²) in [5, 5.41) is -0.278. The maximum Gasteiger partial charge on any atom is 0.231 e. The molecule has 0 rings (SSSR count). The van der Waals surface area contributed by atoms with Crippen molar-refractivity contribution in [1.29, 1.82) is 0 Å². The number of carbonyl (C=O) groups excluding carboxylic acids is 2. The van der Waals surface area contributed by atoms with Crippen LogP contribution in [0.25, 0.3) is 0 Å². The molecule has 0 heterocycles. The van der Waals surface area contributed by atoms with E-state index in [1.807, 2.05) is 0 Å². The number of primary amides is 2. The average Bonchev–Trinajstić information content (AvgIpc) is 2.44. The molecule has 0 aliphatic rings. The Hall–Kier alpha value is 0.690. The van der Waals surface area contributed by atoms with Crippen molar-refractivity contribution in [2.24, 2.45) is 11.5 Å². The van der Waals surface area contributed by atoms with Gasteiger partial charge >= 0.3 is 0 Å². The second-order valence-corrected chi connectivity index (χ2v) is 12.4. The van der Waals surface area contributed by atoms with Crippen molar-refractivity contribution in [1.82, 2.24) is 0 Å². The number of carbonyl (C=O) groups is 2. The largest absolute Gasteiger partial charge is 0.369 e. The van der Waals surface area contributed by atoms with Crippen molar-refractivity contribution in [3.63, 3.8) is 0 Å². The lowest BCUT2D eigenvalue weighted by atomic mass is 10.2. The molecule has 0 bridgehead atoms. The Labute approximate surface area is 146 Å². The topological polar surface area (TPSA) is 86.2 Å². The molecule has 0 radical (unpaired) electrons. The maximum absolute atomic E-state index is 11.3. The Balaban J connectivity index is 3.85. The summed E-state index contributed by atoms with van der Waals surface area (Å²) in [5.41, 5.74) is 10.8. The number of nitrogens with two attached hydrogens (primary N) is 2. The predicted octanol–water partition coefficient (Wildman–Crippen LogP) is 4.40. The van der Waals surface area contributed by atoms with Gasteiger partial charge in [-0.3, -0.25) is 9.59 Å². The van der Waals surface area contributed by atoms with Gasteiger partial charge in [0.1, 0.15) is 0 Å². The van der Waals surface area contributed by atoms with Gasteiger partial charge in [-0.05, 0) is 42.3 Å². The Morgan fingerprint density at radius 2 is 1.19 bits per heavy atom. The quantitative estimate of drug-likeness (QED) is 0.337. The van der Waals surface area contributed by atoms with Crippen LogP contribution in [0, 0.1) is 0 Å². The third-order valence-electron chi connectivity index (χ3n) is 2.64. The third-order valence-corrected chi connectivity index (χ3v) is 11.9. The lowest BCUT2D eigenvalue weighted by molar-refractivity contribution is -0.118. The van der Waals surface area contributed by atoms with Gasteiger partial charge < -0.3 is 11.5 Å². The van der Waals surface area contributed by atoms with Crippen molar-refractivity contribution < 1.29 is 9.59 Å². The Morgan fingerprint density at radius 3 is 1.48 bits per heavy atom. The summed E-state index contributed by atoms with van der Waals surface area (Å²) in [6.07, 6.45) is 5.78. The summed E-state index contributed by atoms with van der Waals surface area (Å²) in [5.74, 6) is -0.505. The van der Waals surface area contributed by atoms with Gasteiger partial charge in [0.2, 0.25) is 11.8 Å². The molecule has 4 nitrogen and oxygen atoms in total. The normalized spacial score (nSPS) is 13.8. The average molecular weight is 389 g/mol. The van der Waals surface area contributed by atoms with Gasteiger partial charge in [0.15, 0.2) is 0 Å². The van der Waals surface area contributed by atoms with Crippen LogP contribution in [0.15, 0.2) is 0 Å². The van der Waals surface area contributed by atoms with Crippen molar-refractivity contribution >= 4 is 62.9 Å². The van der Waals surface area contributed by atoms with Crippen LogP contribution in [0.1, 0.15) is 52.4 Å². The molecule has 124 valence electrons. The molecule has 0 saturated heterocycles. The molecule has 0 spiro atoms. The Morgan fingerprint density at radius 1 is 0.810 bits per heavy atom. The van der Waals surface area contributed by atoms with Gasteiger partial charge in [-0.15, -0.1) is 0 Å². The molecular formula is C12H24N2O2S5. The Kier molecular flexibility index (Phi) is 14.8. The molecule has 0 aromatic heterocycles. The smallest absolute Gasteiger partial charge is 0.231 e. The fourth-order valence-electron chi connectivity index (χ4n) is 1.39. The predicted molar refractivity (Wildman–Crippen MR) is 103 cm³/mol. The molecule has 0 fully saturated rings. The molecular weight excluding hydrogens is 364 g/mol. The highest BCUT2D eigenvalue weighted by molar-refractivity contribution is 9.35. The molecule has 4 N–H and O–H groups in total.